The van der Waals surface area contributed by atoms with Crippen molar-refractivity contribution in [2.45, 2.75) is 58.7 Å². The molecule has 7 nitrogen and oxygen atoms in total. The van der Waals surface area contributed by atoms with E-state index in [0.717, 1.165) is 42.8 Å². The Morgan fingerprint density at radius 1 is 1.26 bits per heavy atom. The van der Waals surface area contributed by atoms with Crippen molar-refractivity contribution in [2.75, 3.05) is 31.6 Å². The minimum atomic E-state index is -0.681. The predicted octanol–water partition coefficient (Wildman–Crippen LogP) is 4.21. The minimum Gasteiger partial charge on any atom is -0.365 e. The van der Waals surface area contributed by atoms with Crippen LogP contribution in [0.3, 0.4) is 0 Å². The highest BCUT2D eigenvalue weighted by molar-refractivity contribution is 6.31. The smallest absolute Gasteiger partial charge is 0.257 e. The van der Waals surface area contributed by atoms with E-state index in [1.165, 1.54) is 0 Å². The lowest BCUT2D eigenvalue weighted by Crippen LogP contribution is -2.58. The molecule has 1 aromatic carbocycles. The van der Waals surface area contributed by atoms with Crippen LogP contribution in [0, 0.1) is 13.8 Å². The largest absolute Gasteiger partial charge is 0.365 e. The number of amides is 2. The summed E-state index contributed by atoms with van der Waals surface area (Å²) in [6, 6.07) is 7.40. The van der Waals surface area contributed by atoms with Crippen LogP contribution in [-0.2, 0) is 16.1 Å². The van der Waals surface area contributed by atoms with E-state index in [9.17, 15) is 9.59 Å². The van der Waals surface area contributed by atoms with Crippen molar-refractivity contribution in [1.29, 1.82) is 0 Å². The summed E-state index contributed by atoms with van der Waals surface area (Å²) in [5.74, 6) is -0.112. The molecule has 1 aromatic heterocycles. The number of carbonyl (C=O) groups is 2. The molecule has 2 saturated heterocycles. The molecule has 34 heavy (non-hydrogen) atoms. The second kappa shape index (κ2) is 10.0. The van der Waals surface area contributed by atoms with Crippen LogP contribution in [0.2, 0.25) is 5.02 Å². The van der Waals surface area contributed by atoms with Gasteiger partial charge in [-0.25, -0.2) is 0 Å². The molecule has 182 valence electrons. The van der Waals surface area contributed by atoms with Gasteiger partial charge in [0.2, 0.25) is 0 Å². The van der Waals surface area contributed by atoms with Gasteiger partial charge in [-0.15, -0.1) is 0 Å². The van der Waals surface area contributed by atoms with Gasteiger partial charge in [0, 0.05) is 61.4 Å². The Kier molecular flexibility index (Phi) is 7.26. The number of anilines is 1. The van der Waals surface area contributed by atoms with E-state index >= 15 is 0 Å². The Balaban J connectivity index is 1.43. The van der Waals surface area contributed by atoms with Gasteiger partial charge in [0.25, 0.3) is 11.8 Å². The zero-order chi connectivity index (χ0) is 24.5. The standard InChI is InChI=1S/C26H33ClN4O3/c1-17-6-7-20(14-28-17)24(32)29-23-13-22(27)12-21(19(23)3)16-30-9-10-31(18(2)15-30)25(33)26(4)8-5-11-34-26/h6-7,12-14,18H,5,8-11,15-16H2,1-4H3,(H,29,32)/t18-,26+/m0/s1. The minimum absolute atomic E-state index is 0.0926. The molecule has 8 heteroatoms. The number of hydrogen-bond acceptors (Lipinski definition) is 5. The van der Waals surface area contributed by atoms with Gasteiger partial charge in [0.15, 0.2) is 0 Å². The van der Waals surface area contributed by atoms with Crippen molar-refractivity contribution in [3.8, 4) is 0 Å². The molecule has 0 aliphatic carbocycles. The van der Waals surface area contributed by atoms with Crippen LogP contribution in [0.1, 0.15) is 53.9 Å². The number of aryl methyl sites for hydroxylation is 1. The maximum absolute atomic E-state index is 13.1. The molecule has 0 bridgehead atoms. The first-order chi connectivity index (χ1) is 16.2. The van der Waals surface area contributed by atoms with Gasteiger partial charge in [0.1, 0.15) is 5.60 Å². The van der Waals surface area contributed by atoms with Gasteiger partial charge in [-0.05, 0) is 75.9 Å². The van der Waals surface area contributed by atoms with Crippen LogP contribution >= 0.6 is 11.6 Å². The molecular formula is C26H33ClN4O3. The molecule has 2 fully saturated rings. The van der Waals surface area contributed by atoms with Crippen molar-refractivity contribution < 1.29 is 14.3 Å². The third-order valence-electron chi connectivity index (χ3n) is 6.94. The summed E-state index contributed by atoms with van der Waals surface area (Å²) in [6.45, 7) is 11.5. The first-order valence-corrected chi connectivity index (χ1v) is 12.2. The second-order valence-electron chi connectivity index (χ2n) is 9.65. The molecule has 0 saturated carbocycles. The number of piperazine rings is 1. The number of nitrogens with zero attached hydrogens (tertiary/aromatic N) is 3. The number of aromatic nitrogens is 1. The van der Waals surface area contributed by atoms with E-state index in [4.69, 9.17) is 16.3 Å². The van der Waals surface area contributed by atoms with Gasteiger partial charge in [-0.1, -0.05) is 11.6 Å². The Morgan fingerprint density at radius 2 is 2.06 bits per heavy atom. The number of nitrogens with one attached hydrogen (secondary N) is 1. The van der Waals surface area contributed by atoms with Gasteiger partial charge < -0.3 is 15.0 Å². The maximum atomic E-state index is 13.1. The van der Waals surface area contributed by atoms with E-state index in [1.807, 2.05) is 37.8 Å². The highest BCUT2D eigenvalue weighted by Crippen LogP contribution is 2.30. The normalized spacial score (nSPS) is 23.2. The number of hydrogen-bond donors (Lipinski definition) is 1. The summed E-state index contributed by atoms with van der Waals surface area (Å²) in [5.41, 5.74) is 3.42. The van der Waals surface area contributed by atoms with Crippen LogP contribution in [0.25, 0.3) is 0 Å². The molecule has 2 atom stereocenters. The van der Waals surface area contributed by atoms with Crippen LogP contribution in [0.4, 0.5) is 5.69 Å². The first kappa shape index (κ1) is 24.6. The van der Waals surface area contributed by atoms with Crippen LogP contribution in [0.5, 0.6) is 0 Å². The lowest BCUT2D eigenvalue weighted by molar-refractivity contribution is -0.155. The fourth-order valence-electron chi connectivity index (χ4n) is 4.80. The molecule has 1 N–H and O–H groups in total. The average molecular weight is 485 g/mol. The zero-order valence-corrected chi connectivity index (χ0v) is 21.1. The van der Waals surface area contributed by atoms with E-state index in [-0.39, 0.29) is 17.9 Å². The van der Waals surface area contributed by atoms with Crippen LogP contribution in [0.15, 0.2) is 30.5 Å². The molecular weight excluding hydrogens is 452 g/mol. The summed E-state index contributed by atoms with van der Waals surface area (Å²) in [6.07, 6.45) is 3.29. The molecule has 2 aliphatic heterocycles. The molecule has 2 aromatic rings. The summed E-state index contributed by atoms with van der Waals surface area (Å²) in [7, 11) is 0. The Bertz CT molecular complexity index is 1070. The molecule has 2 aliphatic rings. The zero-order valence-electron chi connectivity index (χ0n) is 20.4. The van der Waals surface area contributed by atoms with Crippen molar-refractivity contribution in [2.24, 2.45) is 0 Å². The lowest BCUT2D eigenvalue weighted by Gasteiger charge is -2.42. The fourth-order valence-corrected chi connectivity index (χ4v) is 5.04. The Morgan fingerprint density at radius 3 is 2.71 bits per heavy atom. The van der Waals surface area contributed by atoms with Crippen molar-refractivity contribution in [1.82, 2.24) is 14.8 Å². The summed E-state index contributed by atoms with van der Waals surface area (Å²) in [4.78, 5) is 34.3. The number of halogens is 1. The fraction of sp³-hybridized carbons (Fsp3) is 0.500. The number of carbonyl (C=O) groups excluding carboxylic acids is 2. The average Bonchev–Trinajstić information content (AvgIpc) is 3.25. The molecule has 0 unspecified atom stereocenters. The highest BCUT2D eigenvalue weighted by atomic mass is 35.5. The van der Waals surface area contributed by atoms with Gasteiger partial charge in [-0.2, -0.15) is 0 Å². The number of pyridine rings is 1. The van der Waals surface area contributed by atoms with E-state index in [1.54, 1.807) is 18.3 Å². The summed E-state index contributed by atoms with van der Waals surface area (Å²) < 4.78 is 5.78. The summed E-state index contributed by atoms with van der Waals surface area (Å²) >= 11 is 6.42. The van der Waals surface area contributed by atoms with Crippen molar-refractivity contribution >= 4 is 29.1 Å². The van der Waals surface area contributed by atoms with Gasteiger partial charge in [0.05, 0.1) is 5.56 Å². The van der Waals surface area contributed by atoms with Crippen LogP contribution < -0.4 is 5.32 Å². The van der Waals surface area contributed by atoms with Gasteiger partial charge >= 0.3 is 0 Å². The Hall–Kier alpha value is -2.48. The lowest BCUT2D eigenvalue weighted by atomic mass is 9.99. The number of ether oxygens (including phenoxy) is 1. The maximum Gasteiger partial charge on any atom is 0.257 e. The number of benzene rings is 1. The highest BCUT2D eigenvalue weighted by Gasteiger charge is 2.43. The molecule has 3 heterocycles. The van der Waals surface area contributed by atoms with E-state index in [2.05, 4.69) is 22.1 Å². The monoisotopic (exact) mass is 484 g/mol. The van der Waals surface area contributed by atoms with Crippen molar-refractivity contribution in [3.63, 3.8) is 0 Å². The topological polar surface area (TPSA) is 74.8 Å². The van der Waals surface area contributed by atoms with Crippen LogP contribution in [-0.4, -0.2) is 64.5 Å². The summed E-state index contributed by atoms with van der Waals surface area (Å²) in [5, 5.41) is 3.56. The Labute approximate surface area is 206 Å². The predicted molar refractivity (Wildman–Crippen MR) is 133 cm³/mol. The molecule has 0 radical (unpaired) electrons. The number of rotatable bonds is 5. The third-order valence-corrected chi connectivity index (χ3v) is 7.16. The SMILES string of the molecule is Cc1ccc(C(=O)Nc2cc(Cl)cc(CN3CCN(C(=O)[C@@]4(C)CCCO4)[C@@H](C)C3)c2C)cn1. The van der Waals surface area contributed by atoms with Crippen molar-refractivity contribution in [3.05, 3.63) is 57.9 Å². The first-order valence-electron chi connectivity index (χ1n) is 11.9. The second-order valence-corrected chi connectivity index (χ2v) is 10.1. The van der Waals surface area contributed by atoms with Gasteiger partial charge in [-0.3, -0.25) is 19.5 Å². The quantitative estimate of drug-likeness (QED) is 0.688. The molecule has 2 amide bonds. The van der Waals surface area contributed by atoms with E-state index in [0.29, 0.717) is 36.0 Å². The molecule has 4 rings (SSSR count). The third kappa shape index (κ3) is 5.27. The molecule has 0 spiro atoms. The van der Waals surface area contributed by atoms with E-state index < -0.39 is 5.60 Å².